The molecule has 104 valence electrons. The van der Waals surface area contributed by atoms with Crippen molar-refractivity contribution in [3.05, 3.63) is 29.8 Å². The Morgan fingerprint density at radius 2 is 2.05 bits per heavy atom. The van der Waals surface area contributed by atoms with E-state index in [1.165, 1.54) is 6.07 Å². The Hall–Kier alpha value is -1.42. The zero-order chi connectivity index (χ0) is 14.0. The van der Waals surface area contributed by atoms with Crippen molar-refractivity contribution in [2.75, 3.05) is 6.54 Å². The summed E-state index contributed by atoms with van der Waals surface area (Å²) in [4.78, 5) is 4.51. The van der Waals surface area contributed by atoms with Crippen LogP contribution in [-0.4, -0.2) is 16.1 Å². The van der Waals surface area contributed by atoms with Crippen LogP contribution < -0.4 is 5.32 Å². The molecule has 0 fully saturated rings. The number of hydrogen-bond donors (Lipinski definition) is 1. The van der Waals surface area contributed by atoms with Gasteiger partial charge < -0.3 is 9.88 Å². The molecule has 1 aromatic carbocycles. The molecule has 0 aliphatic rings. The van der Waals surface area contributed by atoms with E-state index < -0.39 is 0 Å². The van der Waals surface area contributed by atoms with Crippen LogP contribution in [0.4, 0.5) is 4.39 Å². The number of rotatable bonds is 5. The second kappa shape index (κ2) is 5.70. The second-order valence-corrected chi connectivity index (χ2v) is 5.22. The first-order chi connectivity index (χ1) is 9.06. The minimum absolute atomic E-state index is 0.120. The van der Waals surface area contributed by atoms with Crippen molar-refractivity contribution < 1.29 is 4.39 Å². The van der Waals surface area contributed by atoms with Gasteiger partial charge in [-0.3, -0.25) is 0 Å². The number of halogens is 1. The average Bonchev–Trinajstić information content (AvgIpc) is 2.77. The SMILES string of the molecule is CCCNC(C)c1nc2c(F)cccc2n1C(C)C. The first-order valence-corrected chi connectivity index (χ1v) is 6.96. The van der Waals surface area contributed by atoms with Gasteiger partial charge in [-0.05, 0) is 45.9 Å². The van der Waals surface area contributed by atoms with Crippen LogP contribution in [0.5, 0.6) is 0 Å². The summed E-state index contributed by atoms with van der Waals surface area (Å²) in [6.45, 7) is 9.34. The molecule has 1 aromatic heterocycles. The Kier molecular flexibility index (Phi) is 4.20. The van der Waals surface area contributed by atoms with Crippen LogP contribution in [0.25, 0.3) is 11.0 Å². The highest BCUT2D eigenvalue weighted by Crippen LogP contribution is 2.26. The van der Waals surface area contributed by atoms with E-state index in [-0.39, 0.29) is 17.9 Å². The van der Waals surface area contributed by atoms with Crippen LogP contribution >= 0.6 is 0 Å². The monoisotopic (exact) mass is 263 g/mol. The number of aromatic nitrogens is 2. The topological polar surface area (TPSA) is 29.9 Å². The summed E-state index contributed by atoms with van der Waals surface area (Å²) in [5.74, 6) is 0.657. The normalized spacial score (nSPS) is 13.4. The minimum atomic E-state index is -0.249. The lowest BCUT2D eigenvalue weighted by atomic mass is 10.2. The number of para-hydroxylation sites is 1. The van der Waals surface area contributed by atoms with Gasteiger partial charge in [-0.15, -0.1) is 0 Å². The van der Waals surface area contributed by atoms with Crippen molar-refractivity contribution in [1.82, 2.24) is 14.9 Å². The predicted molar refractivity (Wildman–Crippen MR) is 76.8 cm³/mol. The maximum atomic E-state index is 13.9. The fourth-order valence-corrected chi connectivity index (χ4v) is 2.40. The molecule has 19 heavy (non-hydrogen) atoms. The average molecular weight is 263 g/mol. The molecule has 1 atom stereocenters. The molecule has 2 aromatic rings. The molecule has 0 aliphatic carbocycles. The van der Waals surface area contributed by atoms with Gasteiger partial charge in [0.15, 0.2) is 5.82 Å². The van der Waals surface area contributed by atoms with Crippen LogP contribution in [0.15, 0.2) is 18.2 Å². The van der Waals surface area contributed by atoms with Gasteiger partial charge in [0.1, 0.15) is 11.3 Å². The van der Waals surface area contributed by atoms with Gasteiger partial charge in [-0.25, -0.2) is 9.37 Å². The van der Waals surface area contributed by atoms with E-state index in [0.29, 0.717) is 5.52 Å². The molecule has 4 heteroatoms. The van der Waals surface area contributed by atoms with Crippen molar-refractivity contribution in [3.63, 3.8) is 0 Å². The highest BCUT2D eigenvalue weighted by Gasteiger charge is 2.19. The van der Waals surface area contributed by atoms with E-state index in [2.05, 4.69) is 42.6 Å². The van der Waals surface area contributed by atoms with E-state index in [1.54, 1.807) is 6.07 Å². The molecule has 3 nitrogen and oxygen atoms in total. The lowest BCUT2D eigenvalue weighted by molar-refractivity contribution is 0.492. The maximum Gasteiger partial charge on any atom is 0.151 e. The number of nitrogens with zero attached hydrogens (tertiary/aromatic N) is 2. The lowest BCUT2D eigenvalue weighted by Gasteiger charge is -2.18. The van der Waals surface area contributed by atoms with Gasteiger partial charge >= 0.3 is 0 Å². The number of benzene rings is 1. The molecule has 1 heterocycles. The van der Waals surface area contributed by atoms with Crippen molar-refractivity contribution in [2.24, 2.45) is 0 Å². The molecule has 1 N–H and O–H groups in total. The Labute approximate surface area is 113 Å². The molecule has 0 spiro atoms. The molecular weight excluding hydrogens is 241 g/mol. The quantitative estimate of drug-likeness (QED) is 0.888. The first-order valence-electron chi connectivity index (χ1n) is 6.96. The molecule has 1 unspecified atom stereocenters. The third kappa shape index (κ3) is 2.63. The summed E-state index contributed by atoms with van der Waals surface area (Å²) in [6.07, 6.45) is 1.07. The Bertz CT molecular complexity index is 560. The molecular formula is C15H22FN3. The molecule has 0 bridgehead atoms. The summed E-state index contributed by atoms with van der Waals surface area (Å²) < 4.78 is 16.0. The zero-order valence-electron chi connectivity index (χ0n) is 12.1. The summed E-state index contributed by atoms with van der Waals surface area (Å²) in [7, 11) is 0. The van der Waals surface area contributed by atoms with E-state index in [4.69, 9.17) is 0 Å². The van der Waals surface area contributed by atoms with Crippen LogP contribution in [-0.2, 0) is 0 Å². The van der Waals surface area contributed by atoms with Gasteiger partial charge in [0, 0.05) is 6.04 Å². The first kappa shape index (κ1) is 14.0. The summed E-state index contributed by atoms with van der Waals surface area (Å²) >= 11 is 0. The fraction of sp³-hybridized carbons (Fsp3) is 0.533. The van der Waals surface area contributed by atoms with Crippen LogP contribution in [0, 0.1) is 5.82 Å². The van der Waals surface area contributed by atoms with E-state index in [0.717, 1.165) is 24.3 Å². The van der Waals surface area contributed by atoms with Gasteiger partial charge in [0.25, 0.3) is 0 Å². The third-order valence-corrected chi connectivity index (χ3v) is 3.30. The van der Waals surface area contributed by atoms with Crippen molar-refractivity contribution in [1.29, 1.82) is 0 Å². The molecule has 0 aliphatic heterocycles. The van der Waals surface area contributed by atoms with Crippen LogP contribution in [0.2, 0.25) is 0 Å². The van der Waals surface area contributed by atoms with Gasteiger partial charge in [-0.2, -0.15) is 0 Å². The number of hydrogen-bond acceptors (Lipinski definition) is 2. The number of imidazole rings is 1. The van der Waals surface area contributed by atoms with Gasteiger partial charge in [0.2, 0.25) is 0 Å². The van der Waals surface area contributed by atoms with Crippen molar-refractivity contribution in [3.8, 4) is 0 Å². The maximum absolute atomic E-state index is 13.9. The second-order valence-electron chi connectivity index (χ2n) is 5.22. The Morgan fingerprint density at radius 3 is 2.68 bits per heavy atom. The lowest BCUT2D eigenvalue weighted by Crippen LogP contribution is -2.23. The molecule has 0 saturated carbocycles. The predicted octanol–water partition coefficient (Wildman–Crippen LogP) is 3.82. The fourth-order valence-electron chi connectivity index (χ4n) is 2.40. The van der Waals surface area contributed by atoms with Crippen LogP contribution in [0.1, 0.15) is 52.0 Å². The van der Waals surface area contributed by atoms with E-state index >= 15 is 0 Å². The summed E-state index contributed by atoms with van der Waals surface area (Å²) in [5, 5.41) is 3.42. The molecule has 0 radical (unpaired) electrons. The highest BCUT2D eigenvalue weighted by molar-refractivity contribution is 5.77. The molecule has 2 rings (SSSR count). The summed E-state index contributed by atoms with van der Waals surface area (Å²) in [5.41, 5.74) is 1.34. The molecule has 0 saturated heterocycles. The Balaban J connectivity index is 2.53. The minimum Gasteiger partial charge on any atom is -0.324 e. The van der Waals surface area contributed by atoms with E-state index in [9.17, 15) is 4.39 Å². The molecule has 0 amide bonds. The summed E-state index contributed by atoms with van der Waals surface area (Å²) in [6, 6.07) is 5.52. The van der Waals surface area contributed by atoms with Gasteiger partial charge in [-0.1, -0.05) is 13.0 Å². The zero-order valence-corrected chi connectivity index (χ0v) is 12.1. The Morgan fingerprint density at radius 1 is 1.32 bits per heavy atom. The van der Waals surface area contributed by atoms with Crippen LogP contribution in [0.3, 0.4) is 0 Å². The van der Waals surface area contributed by atoms with Crippen molar-refractivity contribution in [2.45, 2.75) is 46.2 Å². The smallest absolute Gasteiger partial charge is 0.151 e. The standard InChI is InChI=1S/C15H22FN3/c1-5-9-17-11(4)15-18-14-12(16)7-6-8-13(14)19(15)10(2)3/h6-8,10-11,17H,5,9H2,1-4H3. The number of fused-ring (bicyclic) bond motifs is 1. The third-order valence-electron chi connectivity index (χ3n) is 3.30. The van der Waals surface area contributed by atoms with Gasteiger partial charge in [0.05, 0.1) is 11.6 Å². The highest BCUT2D eigenvalue weighted by atomic mass is 19.1. The number of nitrogens with one attached hydrogen (secondary N) is 1. The van der Waals surface area contributed by atoms with Crippen molar-refractivity contribution >= 4 is 11.0 Å². The largest absolute Gasteiger partial charge is 0.324 e. The van der Waals surface area contributed by atoms with E-state index in [1.807, 2.05) is 6.07 Å².